The number of β-lactam (4-membered cyclic amide) rings is 1. The minimum atomic E-state index is -4.60. The number of hydrogen-bond donors (Lipinski definition) is 1. The molecule has 0 spiro atoms. The molecule has 2 aliphatic heterocycles. The first-order valence-electron chi connectivity index (χ1n) is 11.0. The van der Waals surface area contributed by atoms with E-state index in [1.807, 2.05) is 0 Å². The molecule has 39 heavy (non-hydrogen) atoms. The molecule has 3 heterocycles. The van der Waals surface area contributed by atoms with Gasteiger partial charge in [0.25, 0.3) is 5.91 Å². The van der Waals surface area contributed by atoms with E-state index in [-0.39, 0.29) is 22.8 Å². The summed E-state index contributed by atoms with van der Waals surface area (Å²) in [6, 6.07) is 6.91. The smallest absolute Gasteiger partial charge is 0.424 e. The van der Waals surface area contributed by atoms with Crippen LogP contribution in [0.15, 0.2) is 46.8 Å². The van der Waals surface area contributed by atoms with E-state index in [2.05, 4.69) is 20.8 Å². The standard InChI is InChI=1S/C21H19F3N6O6S3/c1-29-20(26-27-28-29)38-8-12-7-37-17-14(25-13(31)9-39-21(22,23)24)16(32)30(17)15(12)19(34)36-10-35-18(33)11-5-3-2-4-6-11/h2-6,14,17H,7-10H2,1H3,(H,25,31)/t14?,17-/m1/s1. The van der Waals surface area contributed by atoms with Gasteiger partial charge in [0.15, 0.2) is 0 Å². The molecule has 4 rings (SSSR count). The molecule has 0 radical (unpaired) electrons. The molecule has 1 fully saturated rings. The van der Waals surface area contributed by atoms with Gasteiger partial charge in [-0.1, -0.05) is 30.0 Å². The number of amides is 2. The molecule has 2 aromatic rings. The molecule has 0 saturated carbocycles. The number of aryl methyl sites for hydroxylation is 1. The van der Waals surface area contributed by atoms with Gasteiger partial charge in [-0.25, -0.2) is 14.3 Å². The number of hydrogen-bond acceptors (Lipinski definition) is 12. The van der Waals surface area contributed by atoms with Gasteiger partial charge in [-0.3, -0.25) is 14.5 Å². The third kappa shape index (κ3) is 7.04. The zero-order valence-electron chi connectivity index (χ0n) is 19.9. The lowest BCUT2D eigenvalue weighted by Crippen LogP contribution is -2.70. The SMILES string of the molecule is Cn1nnnc1SCC1=C(C(=O)OCOC(=O)c2ccccc2)N2C(=O)C(NC(=O)CSC(F)(F)F)[C@H]2SC1. The number of aromatic nitrogens is 4. The number of carbonyl (C=O) groups excluding carboxylic acids is 4. The van der Waals surface area contributed by atoms with Crippen LogP contribution in [0.5, 0.6) is 0 Å². The van der Waals surface area contributed by atoms with Gasteiger partial charge in [-0.05, 0) is 39.9 Å². The number of thioether (sulfide) groups is 3. The summed E-state index contributed by atoms with van der Waals surface area (Å²) in [5.41, 5.74) is -3.95. The lowest BCUT2D eigenvalue weighted by Gasteiger charge is -2.49. The van der Waals surface area contributed by atoms with Gasteiger partial charge in [0, 0.05) is 18.6 Å². The highest BCUT2D eigenvalue weighted by Crippen LogP contribution is 2.42. The Morgan fingerprint density at radius 1 is 1.18 bits per heavy atom. The normalized spacial score (nSPS) is 18.8. The molecular formula is C21H19F3N6O6S3. The maximum atomic E-state index is 13.1. The van der Waals surface area contributed by atoms with Crippen molar-refractivity contribution in [1.29, 1.82) is 0 Å². The first-order valence-corrected chi connectivity index (χ1v) is 14.0. The van der Waals surface area contributed by atoms with Crippen LogP contribution in [0.25, 0.3) is 0 Å². The maximum absolute atomic E-state index is 13.1. The van der Waals surface area contributed by atoms with Gasteiger partial charge in [-0.15, -0.1) is 16.9 Å². The summed E-state index contributed by atoms with van der Waals surface area (Å²) in [6.45, 7) is -0.724. The number of esters is 2. The van der Waals surface area contributed by atoms with Gasteiger partial charge in [-0.2, -0.15) is 13.2 Å². The second-order valence-electron chi connectivity index (χ2n) is 7.86. The largest absolute Gasteiger partial charge is 0.442 e. The van der Waals surface area contributed by atoms with Crippen molar-refractivity contribution >= 4 is 59.0 Å². The Labute approximate surface area is 231 Å². The summed E-state index contributed by atoms with van der Waals surface area (Å²) in [5.74, 6) is -3.79. The van der Waals surface area contributed by atoms with E-state index in [9.17, 15) is 32.3 Å². The summed E-state index contributed by atoms with van der Waals surface area (Å²) >= 11 is 1.91. The zero-order valence-corrected chi connectivity index (χ0v) is 22.4. The summed E-state index contributed by atoms with van der Waals surface area (Å²) in [5, 5.41) is 13.1. The Kier molecular flexibility index (Phi) is 9.06. The molecule has 18 heteroatoms. The van der Waals surface area contributed by atoms with Crippen LogP contribution >= 0.6 is 35.3 Å². The topological polar surface area (TPSA) is 146 Å². The van der Waals surface area contributed by atoms with E-state index in [4.69, 9.17) is 9.47 Å². The molecule has 1 saturated heterocycles. The van der Waals surface area contributed by atoms with Crippen LogP contribution in [-0.2, 0) is 30.9 Å². The van der Waals surface area contributed by atoms with E-state index in [0.29, 0.717) is 10.7 Å². The van der Waals surface area contributed by atoms with Gasteiger partial charge in [0.05, 0.1) is 11.3 Å². The first kappa shape index (κ1) is 28.8. The average Bonchev–Trinajstić information content (AvgIpc) is 3.33. The predicted octanol–water partition coefficient (Wildman–Crippen LogP) is 1.57. The van der Waals surface area contributed by atoms with Crippen LogP contribution < -0.4 is 5.32 Å². The van der Waals surface area contributed by atoms with Crippen molar-refractivity contribution in [3.05, 3.63) is 47.2 Å². The van der Waals surface area contributed by atoms with Gasteiger partial charge >= 0.3 is 17.4 Å². The Hall–Kier alpha value is -3.25. The second kappa shape index (κ2) is 12.3. The highest BCUT2D eigenvalue weighted by molar-refractivity contribution is 8.01. The van der Waals surface area contributed by atoms with E-state index in [0.717, 1.165) is 4.90 Å². The van der Waals surface area contributed by atoms with E-state index in [1.54, 1.807) is 25.2 Å². The third-order valence-electron chi connectivity index (χ3n) is 5.27. The molecule has 2 amide bonds. The van der Waals surface area contributed by atoms with Crippen molar-refractivity contribution in [2.24, 2.45) is 7.05 Å². The molecule has 208 valence electrons. The van der Waals surface area contributed by atoms with Crippen molar-refractivity contribution in [1.82, 2.24) is 30.4 Å². The van der Waals surface area contributed by atoms with Crippen molar-refractivity contribution in [2.45, 2.75) is 22.1 Å². The fourth-order valence-electron chi connectivity index (χ4n) is 3.50. The minimum Gasteiger partial charge on any atom is -0.424 e. The van der Waals surface area contributed by atoms with Gasteiger partial charge in [0.1, 0.15) is 17.1 Å². The van der Waals surface area contributed by atoms with Crippen LogP contribution in [0.4, 0.5) is 13.2 Å². The van der Waals surface area contributed by atoms with Crippen molar-refractivity contribution in [3.8, 4) is 0 Å². The Bertz CT molecular complexity index is 1290. The van der Waals surface area contributed by atoms with Crippen LogP contribution in [-0.4, -0.2) is 89.8 Å². The summed E-state index contributed by atoms with van der Waals surface area (Å²) in [6.07, 6.45) is 0. The fraction of sp³-hybridized carbons (Fsp3) is 0.381. The molecule has 2 aliphatic rings. The molecule has 0 bridgehead atoms. The lowest BCUT2D eigenvalue weighted by atomic mass is 10.0. The molecule has 1 N–H and O–H groups in total. The van der Waals surface area contributed by atoms with Crippen LogP contribution in [0.3, 0.4) is 0 Å². The molecule has 1 aromatic heterocycles. The fourth-order valence-corrected chi connectivity index (χ4v) is 6.22. The van der Waals surface area contributed by atoms with E-state index < -0.39 is 65.0 Å². The Balaban J connectivity index is 1.45. The molecule has 1 unspecified atom stereocenters. The van der Waals surface area contributed by atoms with Crippen LogP contribution in [0.2, 0.25) is 0 Å². The number of ether oxygens (including phenoxy) is 2. The number of alkyl halides is 3. The summed E-state index contributed by atoms with van der Waals surface area (Å²) in [7, 11) is 1.63. The Morgan fingerprint density at radius 3 is 2.56 bits per heavy atom. The van der Waals surface area contributed by atoms with Crippen LogP contribution in [0, 0.1) is 0 Å². The van der Waals surface area contributed by atoms with Crippen molar-refractivity contribution in [3.63, 3.8) is 0 Å². The Morgan fingerprint density at radius 2 is 1.90 bits per heavy atom. The second-order valence-corrected chi connectivity index (χ2v) is 11.0. The van der Waals surface area contributed by atoms with E-state index in [1.165, 1.54) is 40.3 Å². The van der Waals surface area contributed by atoms with Crippen molar-refractivity contribution < 1.29 is 41.8 Å². The number of fused-ring (bicyclic) bond motifs is 1. The zero-order chi connectivity index (χ0) is 28.2. The quantitative estimate of drug-likeness (QED) is 0.182. The summed E-state index contributed by atoms with van der Waals surface area (Å²) in [4.78, 5) is 51.3. The molecule has 0 aliphatic carbocycles. The van der Waals surface area contributed by atoms with Crippen LogP contribution in [0.1, 0.15) is 10.4 Å². The molecule has 2 atom stereocenters. The van der Waals surface area contributed by atoms with E-state index >= 15 is 0 Å². The lowest BCUT2D eigenvalue weighted by molar-refractivity contribution is -0.157. The van der Waals surface area contributed by atoms with Crippen molar-refractivity contribution in [2.75, 3.05) is 24.1 Å². The number of nitrogens with one attached hydrogen (secondary N) is 1. The highest BCUT2D eigenvalue weighted by atomic mass is 32.2. The van der Waals surface area contributed by atoms with Gasteiger partial charge in [0.2, 0.25) is 17.9 Å². The first-order chi connectivity index (χ1) is 18.5. The molecular weight excluding hydrogens is 585 g/mol. The van der Waals surface area contributed by atoms with Gasteiger partial charge < -0.3 is 14.8 Å². The highest BCUT2D eigenvalue weighted by Gasteiger charge is 2.54. The maximum Gasteiger partial charge on any atom is 0.442 e. The number of rotatable bonds is 10. The number of carbonyl (C=O) groups is 4. The predicted molar refractivity (Wildman–Crippen MR) is 133 cm³/mol. The number of nitrogens with zero attached hydrogens (tertiary/aromatic N) is 5. The molecule has 1 aromatic carbocycles. The minimum absolute atomic E-state index is 0.0997. The number of benzene rings is 1. The molecule has 12 nitrogen and oxygen atoms in total. The summed E-state index contributed by atoms with van der Waals surface area (Å²) < 4.78 is 48.8. The average molecular weight is 605 g/mol. The number of halogens is 3. The number of tetrazole rings is 1. The third-order valence-corrected chi connectivity index (χ3v) is 8.44. The monoisotopic (exact) mass is 604 g/mol.